The predicted molar refractivity (Wildman–Crippen MR) is 124 cm³/mol. The zero-order chi connectivity index (χ0) is 25.0. The Labute approximate surface area is 200 Å². The summed E-state index contributed by atoms with van der Waals surface area (Å²) < 4.78 is 51.9. The van der Waals surface area contributed by atoms with Crippen molar-refractivity contribution >= 4 is 17.3 Å². The molecule has 1 aliphatic carbocycles. The van der Waals surface area contributed by atoms with E-state index in [1.54, 1.807) is 48.7 Å². The van der Waals surface area contributed by atoms with E-state index in [1.165, 1.54) is 6.07 Å². The molecule has 1 fully saturated rings. The Bertz CT molecular complexity index is 1180. The fraction of sp³-hybridized carbons (Fsp3) is 0.308. The van der Waals surface area contributed by atoms with Gasteiger partial charge in [-0.3, -0.25) is 4.98 Å². The number of pyridine rings is 1. The number of benzene rings is 2. The molecule has 35 heavy (non-hydrogen) atoms. The Balaban J connectivity index is 1.79. The fourth-order valence-corrected chi connectivity index (χ4v) is 4.24. The molecule has 3 aromatic rings. The van der Waals surface area contributed by atoms with Gasteiger partial charge < -0.3 is 19.5 Å². The summed E-state index contributed by atoms with van der Waals surface area (Å²) in [5, 5.41) is 9.50. The third-order valence-electron chi connectivity index (χ3n) is 5.97. The van der Waals surface area contributed by atoms with Gasteiger partial charge in [0.15, 0.2) is 11.5 Å². The average molecular weight is 486 g/mol. The zero-order valence-electron chi connectivity index (χ0n) is 19.1. The van der Waals surface area contributed by atoms with Gasteiger partial charge in [0.2, 0.25) is 0 Å². The van der Waals surface area contributed by atoms with Crippen LogP contribution < -0.4 is 14.4 Å². The maximum Gasteiger partial charge on any atom is 0.417 e. The van der Waals surface area contributed by atoms with E-state index in [4.69, 9.17) is 9.47 Å². The van der Waals surface area contributed by atoms with E-state index >= 15 is 0 Å². The number of hydrogen-bond acceptors (Lipinski definition) is 5. The Morgan fingerprint density at radius 1 is 1.09 bits per heavy atom. The maximum atomic E-state index is 13.4. The van der Waals surface area contributed by atoms with E-state index in [0.717, 1.165) is 43.4 Å². The SMILES string of the molecule is COc1ccc(N(Cc2cccnc2)c2ccc(C(F)(F)F)c(C(=O)O)c2)cc1OC1CCCC1. The van der Waals surface area contributed by atoms with Gasteiger partial charge in [0.05, 0.1) is 24.3 Å². The second-order valence-corrected chi connectivity index (χ2v) is 8.34. The Morgan fingerprint density at radius 2 is 1.80 bits per heavy atom. The molecular weight excluding hydrogens is 461 g/mol. The number of rotatable bonds is 8. The van der Waals surface area contributed by atoms with Crippen molar-refractivity contribution in [3.05, 3.63) is 77.6 Å². The van der Waals surface area contributed by atoms with Crippen LogP contribution in [0.5, 0.6) is 11.5 Å². The summed E-state index contributed by atoms with van der Waals surface area (Å²) in [6, 6.07) is 12.0. The van der Waals surface area contributed by atoms with Crippen molar-refractivity contribution in [2.75, 3.05) is 12.0 Å². The van der Waals surface area contributed by atoms with E-state index in [2.05, 4.69) is 4.98 Å². The van der Waals surface area contributed by atoms with Gasteiger partial charge in [0.1, 0.15) is 0 Å². The fourth-order valence-electron chi connectivity index (χ4n) is 4.24. The van der Waals surface area contributed by atoms with Gasteiger partial charge in [-0.15, -0.1) is 0 Å². The highest BCUT2D eigenvalue weighted by molar-refractivity contribution is 5.91. The molecule has 1 saturated carbocycles. The molecule has 0 atom stereocenters. The number of aromatic nitrogens is 1. The monoisotopic (exact) mass is 486 g/mol. The van der Waals surface area contributed by atoms with Crippen molar-refractivity contribution in [1.29, 1.82) is 0 Å². The van der Waals surface area contributed by atoms with Crippen LogP contribution in [0.4, 0.5) is 24.5 Å². The second-order valence-electron chi connectivity index (χ2n) is 8.34. The molecule has 2 aromatic carbocycles. The Hall–Kier alpha value is -3.75. The predicted octanol–water partition coefficient (Wildman–Crippen LogP) is 6.47. The van der Waals surface area contributed by atoms with E-state index in [1.807, 2.05) is 6.07 Å². The minimum Gasteiger partial charge on any atom is -0.493 e. The molecule has 0 bridgehead atoms. The number of alkyl halides is 3. The molecule has 1 aromatic heterocycles. The highest BCUT2D eigenvalue weighted by Crippen LogP contribution is 2.40. The molecule has 0 aliphatic heterocycles. The van der Waals surface area contributed by atoms with Crippen molar-refractivity contribution in [2.45, 2.75) is 44.5 Å². The molecular formula is C26H25F3N2O4. The lowest BCUT2D eigenvalue weighted by Gasteiger charge is -2.27. The van der Waals surface area contributed by atoms with Crippen LogP contribution in [-0.4, -0.2) is 29.3 Å². The van der Waals surface area contributed by atoms with Gasteiger partial charge >= 0.3 is 12.1 Å². The highest BCUT2D eigenvalue weighted by atomic mass is 19.4. The number of ether oxygens (including phenoxy) is 2. The molecule has 1 heterocycles. The first-order chi connectivity index (χ1) is 16.8. The molecule has 9 heteroatoms. The van der Waals surface area contributed by atoms with Crippen LogP contribution in [0, 0.1) is 0 Å². The molecule has 4 rings (SSSR count). The molecule has 1 N–H and O–H groups in total. The Kier molecular flexibility index (Phi) is 7.14. The number of nitrogens with zero attached hydrogens (tertiary/aromatic N) is 2. The largest absolute Gasteiger partial charge is 0.493 e. The van der Waals surface area contributed by atoms with Crippen LogP contribution in [0.2, 0.25) is 0 Å². The molecule has 0 unspecified atom stereocenters. The zero-order valence-corrected chi connectivity index (χ0v) is 19.1. The normalized spacial score (nSPS) is 14.1. The molecule has 0 spiro atoms. The summed E-state index contributed by atoms with van der Waals surface area (Å²) in [4.78, 5) is 17.5. The lowest BCUT2D eigenvalue weighted by atomic mass is 10.0. The summed E-state index contributed by atoms with van der Waals surface area (Å²) in [6.45, 7) is 0.244. The number of hydrogen-bond donors (Lipinski definition) is 1. The van der Waals surface area contributed by atoms with E-state index < -0.39 is 23.3 Å². The number of methoxy groups -OCH3 is 1. The first-order valence-electron chi connectivity index (χ1n) is 11.2. The lowest BCUT2D eigenvalue weighted by molar-refractivity contribution is -0.138. The van der Waals surface area contributed by atoms with Crippen molar-refractivity contribution in [2.24, 2.45) is 0 Å². The van der Waals surface area contributed by atoms with Crippen LogP contribution in [0.25, 0.3) is 0 Å². The molecule has 1 aliphatic rings. The number of aromatic carboxylic acids is 1. The first kappa shape index (κ1) is 24.4. The number of carboxylic acid groups (broad SMARTS) is 1. The molecule has 184 valence electrons. The first-order valence-corrected chi connectivity index (χ1v) is 11.2. The van der Waals surface area contributed by atoms with Crippen LogP contribution >= 0.6 is 0 Å². The summed E-state index contributed by atoms with van der Waals surface area (Å²) >= 11 is 0. The Morgan fingerprint density at radius 3 is 2.43 bits per heavy atom. The highest BCUT2D eigenvalue weighted by Gasteiger charge is 2.35. The van der Waals surface area contributed by atoms with Gasteiger partial charge in [0, 0.05) is 36.4 Å². The quantitative estimate of drug-likeness (QED) is 0.394. The molecule has 0 amide bonds. The number of carboxylic acids is 1. The minimum atomic E-state index is -4.79. The van der Waals surface area contributed by atoms with Crippen molar-refractivity contribution in [1.82, 2.24) is 4.98 Å². The number of anilines is 2. The van der Waals surface area contributed by atoms with E-state index in [9.17, 15) is 23.1 Å². The maximum absolute atomic E-state index is 13.4. The molecule has 0 saturated heterocycles. The molecule has 0 radical (unpaired) electrons. The second kappa shape index (κ2) is 10.2. The summed E-state index contributed by atoms with van der Waals surface area (Å²) in [6.07, 6.45) is 2.59. The van der Waals surface area contributed by atoms with Gasteiger partial charge in [-0.25, -0.2) is 4.79 Å². The molecule has 6 nitrogen and oxygen atoms in total. The van der Waals surface area contributed by atoms with Crippen molar-refractivity contribution in [3.8, 4) is 11.5 Å². The summed E-state index contributed by atoms with van der Waals surface area (Å²) in [5.41, 5.74) is -0.328. The van der Waals surface area contributed by atoms with Gasteiger partial charge in [-0.2, -0.15) is 13.2 Å². The van der Waals surface area contributed by atoms with Crippen LogP contribution in [0.3, 0.4) is 0 Å². The third kappa shape index (κ3) is 5.67. The van der Waals surface area contributed by atoms with E-state index in [0.29, 0.717) is 17.2 Å². The number of carbonyl (C=O) groups is 1. The van der Waals surface area contributed by atoms with Crippen LogP contribution in [-0.2, 0) is 12.7 Å². The smallest absolute Gasteiger partial charge is 0.417 e. The number of halogens is 3. The third-order valence-corrected chi connectivity index (χ3v) is 5.97. The van der Waals surface area contributed by atoms with Crippen molar-refractivity contribution < 1.29 is 32.5 Å². The summed E-state index contributed by atoms with van der Waals surface area (Å²) in [7, 11) is 1.54. The minimum absolute atomic E-state index is 0.0654. The van der Waals surface area contributed by atoms with Crippen molar-refractivity contribution in [3.63, 3.8) is 0 Å². The van der Waals surface area contributed by atoms with E-state index in [-0.39, 0.29) is 18.3 Å². The lowest BCUT2D eigenvalue weighted by Crippen LogP contribution is -2.19. The average Bonchev–Trinajstić information content (AvgIpc) is 3.35. The van der Waals surface area contributed by atoms with Gasteiger partial charge in [0.25, 0.3) is 0 Å². The van der Waals surface area contributed by atoms with Gasteiger partial charge in [-0.05, 0) is 67.6 Å². The van der Waals surface area contributed by atoms with Crippen LogP contribution in [0.15, 0.2) is 60.9 Å². The summed E-state index contributed by atoms with van der Waals surface area (Å²) in [5.74, 6) is -0.584. The van der Waals surface area contributed by atoms with Gasteiger partial charge in [-0.1, -0.05) is 6.07 Å². The topological polar surface area (TPSA) is 71.9 Å². The van der Waals surface area contributed by atoms with Crippen LogP contribution in [0.1, 0.15) is 47.2 Å². The standard InChI is InChI=1S/C26H25F3N2O4/c1-34-23-11-9-19(14-24(23)35-20-6-2-3-7-20)31(16-17-5-4-12-30-15-17)18-8-10-22(26(27,28)29)21(13-18)25(32)33/h4-5,8-15,20H,2-3,6-7,16H2,1H3,(H,32,33).